The van der Waals surface area contributed by atoms with Crippen molar-refractivity contribution in [1.29, 1.82) is 0 Å². The van der Waals surface area contributed by atoms with Crippen LogP contribution in [0.25, 0.3) is 0 Å². The van der Waals surface area contributed by atoms with Crippen LogP contribution in [-0.2, 0) is 20.7 Å². The van der Waals surface area contributed by atoms with Crippen molar-refractivity contribution in [1.82, 2.24) is 15.3 Å². The molecule has 6 nitrogen and oxygen atoms in total. The summed E-state index contributed by atoms with van der Waals surface area (Å²) >= 11 is 0. The van der Waals surface area contributed by atoms with Gasteiger partial charge in [0.25, 0.3) is 0 Å². The van der Waals surface area contributed by atoms with Gasteiger partial charge in [-0.3, -0.25) is 4.79 Å². The Bertz CT molecular complexity index is 410. The molecule has 6 heteroatoms. The van der Waals surface area contributed by atoms with Gasteiger partial charge in [-0.05, 0) is 0 Å². The Morgan fingerprint density at radius 3 is 3.07 bits per heavy atom. The van der Waals surface area contributed by atoms with Crippen molar-refractivity contribution in [2.45, 2.75) is 19.3 Å². The number of H-pyrrole nitrogens is 1. The second kappa shape index (κ2) is 5.14. The summed E-state index contributed by atoms with van der Waals surface area (Å²) in [6.07, 6.45) is 1.27. The number of carbonyl (C=O) groups excluding carboxylic acids is 2. The number of aromatic nitrogens is 2. The molecule has 0 aromatic carbocycles. The Kier molecular flexibility index (Phi) is 2.90. The van der Waals surface area contributed by atoms with Gasteiger partial charge in [-0.2, -0.15) is 0 Å². The third kappa shape index (κ3) is 3.41. The Hall–Kier alpha value is -1.85. The van der Waals surface area contributed by atoms with Crippen LogP contribution in [0.15, 0.2) is 12.5 Å². The molecular weight excluding hydrogens is 199 g/mol. The molecule has 0 saturated heterocycles. The molecule has 1 amide bonds. The van der Waals surface area contributed by atoms with E-state index in [1.165, 1.54) is 12.5 Å². The van der Waals surface area contributed by atoms with Crippen LogP contribution in [-0.4, -0.2) is 35.0 Å². The van der Waals surface area contributed by atoms with Crippen molar-refractivity contribution in [3.8, 4) is 0 Å². The number of carbonyl (C=O) groups is 2. The Morgan fingerprint density at radius 2 is 2.60 bits per heavy atom. The molecule has 0 radical (unpaired) electrons. The van der Waals surface area contributed by atoms with Crippen molar-refractivity contribution in [3.05, 3.63) is 18.2 Å². The van der Waals surface area contributed by atoms with Crippen LogP contribution >= 0.6 is 0 Å². The molecule has 1 aromatic rings. The molecule has 15 heavy (non-hydrogen) atoms. The van der Waals surface area contributed by atoms with Crippen LogP contribution in [0, 0.1) is 0 Å². The van der Waals surface area contributed by atoms with E-state index in [-0.39, 0.29) is 5.69 Å². The molecule has 1 aromatic heterocycles. The van der Waals surface area contributed by atoms with E-state index in [1.807, 2.05) is 0 Å². The molecule has 1 rings (SSSR count). The van der Waals surface area contributed by atoms with Crippen LogP contribution < -0.4 is 5.32 Å². The zero-order chi connectivity index (χ0) is 13.1. The van der Waals surface area contributed by atoms with Crippen LogP contribution in [0.2, 0.25) is 0 Å². The molecule has 0 bridgehead atoms. The maximum Gasteiger partial charge on any atom is 0.328 e. The Morgan fingerprint density at radius 1 is 1.87 bits per heavy atom. The number of hydrogen-bond donors (Lipinski definition) is 2. The lowest BCUT2D eigenvalue weighted by Crippen LogP contribution is -2.42. The summed E-state index contributed by atoms with van der Waals surface area (Å²) in [4.78, 5) is 28.8. The fourth-order valence-electron chi connectivity index (χ4n) is 0.947. The molecule has 1 heterocycles. The highest BCUT2D eigenvalue weighted by Gasteiger charge is 2.20. The van der Waals surface area contributed by atoms with Gasteiger partial charge < -0.3 is 15.0 Å². The molecule has 0 spiro atoms. The van der Waals surface area contributed by atoms with Crippen LogP contribution in [0.4, 0.5) is 0 Å². The van der Waals surface area contributed by atoms with Crippen molar-refractivity contribution in [3.63, 3.8) is 0 Å². The Balaban J connectivity index is 3.05. The summed E-state index contributed by atoms with van der Waals surface area (Å²) in [7, 11) is 1.09. The van der Waals surface area contributed by atoms with Crippen molar-refractivity contribution in [2.75, 3.05) is 7.11 Å². The Labute approximate surface area is 89.8 Å². The molecule has 2 atom stereocenters. The van der Waals surface area contributed by atoms with E-state index in [0.717, 1.165) is 14.0 Å². The van der Waals surface area contributed by atoms with E-state index in [4.69, 9.17) is 2.74 Å². The first-order valence-corrected chi connectivity index (χ1v) is 4.19. The summed E-state index contributed by atoms with van der Waals surface area (Å²) in [5.41, 5.74) is 0.235. The van der Waals surface area contributed by atoms with Crippen molar-refractivity contribution < 1.29 is 17.1 Å². The number of aromatic amines is 1. The molecule has 82 valence electrons. The predicted octanol–water partition coefficient (Wildman–Crippen LogP) is -0.370. The summed E-state index contributed by atoms with van der Waals surface area (Å²) in [6, 6.07) is -2.20. The van der Waals surface area contributed by atoms with Gasteiger partial charge in [0.2, 0.25) is 5.91 Å². The number of esters is 1. The fourth-order valence-corrected chi connectivity index (χ4v) is 0.947. The van der Waals surface area contributed by atoms with Gasteiger partial charge in [-0.1, -0.05) is 0 Å². The summed E-state index contributed by atoms with van der Waals surface area (Å²) < 4.78 is 20.2. The van der Waals surface area contributed by atoms with Gasteiger partial charge in [0.05, 0.1) is 14.8 Å². The number of nitrogens with one attached hydrogen (secondary N) is 2. The molecule has 0 aliphatic rings. The monoisotopic (exact) mass is 214 g/mol. The largest absolute Gasteiger partial charge is 0.467 e. The first kappa shape index (κ1) is 8.46. The van der Waals surface area contributed by atoms with E-state index >= 15 is 0 Å². The first-order valence-electron chi connectivity index (χ1n) is 5.27. The summed E-state index contributed by atoms with van der Waals surface area (Å²) in [5, 5.41) is 2.11. The number of methoxy groups -OCH3 is 1. The van der Waals surface area contributed by atoms with Gasteiger partial charge in [-0.25, -0.2) is 9.78 Å². The SMILES string of the molecule is [2H]C(c1cnc[nH]1)C([2H])(NC(C)=O)[13C](=O)OC. The van der Waals surface area contributed by atoms with E-state index in [2.05, 4.69) is 20.0 Å². The number of nitrogens with zero attached hydrogens (tertiary/aromatic N) is 1. The van der Waals surface area contributed by atoms with E-state index in [0.29, 0.717) is 0 Å². The highest BCUT2D eigenvalue weighted by molar-refractivity contribution is 5.83. The minimum atomic E-state index is -2.20. The predicted molar refractivity (Wildman–Crippen MR) is 51.9 cm³/mol. The molecule has 0 fully saturated rings. The number of rotatable bonds is 4. The lowest BCUT2D eigenvalue weighted by Gasteiger charge is -2.13. The number of ether oxygens (including phenoxy) is 1. The van der Waals surface area contributed by atoms with Crippen molar-refractivity contribution in [2.24, 2.45) is 0 Å². The van der Waals surface area contributed by atoms with Gasteiger partial charge in [-0.15, -0.1) is 0 Å². The fraction of sp³-hybridized carbons (Fsp3) is 0.444. The van der Waals surface area contributed by atoms with Gasteiger partial charge >= 0.3 is 5.97 Å². The number of hydrogen-bond acceptors (Lipinski definition) is 4. The third-order valence-electron chi connectivity index (χ3n) is 1.54. The average molecular weight is 214 g/mol. The maximum atomic E-state index is 11.5. The normalized spacial score (nSPS) is 18.0. The standard InChI is InChI=1S/C9H13N3O3/c1-6(13)12-8(9(14)15-2)3-7-4-10-5-11-7/h4-5,8H,3H2,1-2H3,(H,10,11)(H,12,13)/i3D,8D,9+1. The number of imidazole rings is 1. The lowest BCUT2D eigenvalue weighted by atomic mass is 10.2. The molecule has 2 unspecified atom stereocenters. The van der Waals surface area contributed by atoms with E-state index < -0.39 is 24.3 Å². The minimum absolute atomic E-state index is 0.235. The molecule has 0 saturated carbocycles. The van der Waals surface area contributed by atoms with Gasteiger partial charge in [0.1, 0.15) is 6.02 Å². The minimum Gasteiger partial charge on any atom is -0.467 e. The lowest BCUT2D eigenvalue weighted by molar-refractivity contribution is -0.144. The molecule has 0 aliphatic carbocycles. The summed E-state index contributed by atoms with van der Waals surface area (Å²) in [6.45, 7) is 1.16. The maximum absolute atomic E-state index is 11.5. The van der Waals surface area contributed by atoms with Crippen LogP contribution in [0.1, 0.15) is 15.4 Å². The van der Waals surface area contributed by atoms with Gasteiger partial charge in [0.15, 0.2) is 0 Å². The van der Waals surface area contributed by atoms with Gasteiger partial charge in [0, 0.05) is 26.6 Å². The topological polar surface area (TPSA) is 84.1 Å². The third-order valence-corrected chi connectivity index (χ3v) is 1.54. The smallest absolute Gasteiger partial charge is 0.328 e. The van der Waals surface area contributed by atoms with Crippen LogP contribution in [0.3, 0.4) is 0 Å². The first-order chi connectivity index (χ1) is 7.91. The highest BCUT2D eigenvalue weighted by Crippen LogP contribution is 2.00. The van der Waals surface area contributed by atoms with E-state index in [9.17, 15) is 9.59 Å². The highest BCUT2D eigenvalue weighted by atomic mass is 16.6. The molecular formula is C9H13N3O3. The zero-order valence-corrected chi connectivity index (χ0v) is 8.40. The van der Waals surface area contributed by atoms with Crippen LogP contribution in [0.5, 0.6) is 0 Å². The average Bonchev–Trinajstić information content (AvgIpc) is 2.79. The zero-order valence-electron chi connectivity index (χ0n) is 10.4. The summed E-state index contributed by atoms with van der Waals surface area (Å²) in [5.74, 6) is -1.61. The quantitative estimate of drug-likeness (QED) is 0.529. The molecule has 0 aliphatic heterocycles. The van der Waals surface area contributed by atoms with E-state index in [1.54, 1.807) is 0 Å². The van der Waals surface area contributed by atoms with Crippen molar-refractivity contribution >= 4 is 11.9 Å². The second-order valence-electron chi connectivity index (χ2n) is 2.74. The number of amides is 1. The molecule has 2 N–H and O–H groups in total. The second-order valence-corrected chi connectivity index (χ2v) is 2.74.